The van der Waals surface area contributed by atoms with Gasteiger partial charge in [-0.3, -0.25) is 14.5 Å². The molecule has 1 amide bonds. The van der Waals surface area contributed by atoms with Crippen LogP contribution in [0.15, 0.2) is 18.2 Å². The molecular weight excluding hydrogens is 344 g/mol. The van der Waals surface area contributed by atoms with E-state index in [2.05, 4.69) is 4.90 Å². The Morgan fingerprint density at radius 1 is 0.926 bits per heavy atom. The van der Waals surface area contributed by atoms with Gasteiger partial charge in [0.1, 0.15) is 13.2 Å². The first-order valence-electron chi connectivity index (χ1n) is 10.1. The lowest BCUT2D eigenvalue weighted by molar-refractivity contribution is -0.133. The van der Waals surface area contributed by atoms with E-state index in [1.165, 1.54) is 6.42 Å². The number of piperidine rings is 2. The molecule has 1 aromatic carbocycles. The third-order valence-electron chi connectivity index (χ3n) is 5.85. The maximum Gasteiger partial charge on any atom is 0.236 e. The normalized spacial score (nSPS) is 21.1. The van der Waals surface area contributed by atoms with Crippen molar-refractivity contribution in [3.8, 4) is 11.5 Å². The Labute approximate surface area is 160 Å². The van der Waals surface area contributed by atoms with Crippen LogP contribution < -0.4 is 9.47 Å². The van der Waals surface area contributed by atoms with E-state index in [0.29, 0.717) is 36.8 Å². The maximum atomic E-state index is 12.9. The second-order valence-corrected chi connectivity index (χ2v) is 7.71. The number of carbonyl (C=O) groups is 2. The Morgan fingerprint density at radius 3 is 2.37 bits per heavy atom. The maximum absolute atomic E-state index is 12.9. The molecule has 2 fully saturated rings. The number of Topliss-reactive ketones (excluding diaryl/α,β-unsaturated/α-hetero) is 1. The molecule has 0 N–H and O–H groups in total. The Morgan fingerprint density at radius 2 is 1.63 bits per heavy atom. The van der Waals surface area contributed by atoms with Crippen molar-refractivity contribution in [3.63, 3.8) is 0 Å². The molecule has 2 saturated heterocycles. The van der Waals surface area contributed by atoms with Crippen LogP contribution in [0.5, 0.6) is 11.5 Å². The van der Waals surface area contributed by atoms with E-state index in [1.807, 2.05) is 23.1 Å². The Balaban J connectivity index is 1.29. The molecule has 27 heavy (non-hydrogen) atoms. The summed E-state index contributed by atoms with van der Waals surface area (Å²) in [5, 5.41) is 0. The fraction of sp³-hybridized carbons (Fsp3) is 0.619. The quantitative estimate of drug-likeness (QED) is 0.760. The van der Waals surface area contributed by atoms with Crippen LogP contribution >= 0.6 is 0 Å². The van der Waals surface area contributed by atoms with Gasteiger partial charge in [0, 0.05) is 24.6 Å². The minimum absolute atomic E-state index is 0.0221. The summed E-state index contributed by atoms with van der Waals surface area (Å²) in [4.78, 5) is 29.5. The number of nitrogens with zero attached hydrogens (tertiary/aromatic N) is 2. The van der Waals surface area contributed by atoms with Crippen molar-refractivity contribution >= 4 is 11.7 Å². The molecule has 6 heteroatoms. The first kappa shape index (κ1) is 18.3. The van der Waals surface area contributed by atoms with Crippen molar-refractivity contribution < 1.29 is 19.1 Å². The molecule has 4 rings (SSSR count). The minimum atomic E-state index is 0.0221. The summed E-state index contributed by atoms with van der Waals surface area (Å²) >= 11 is 0. The molecular formula is C21H28N2O4. The van der Waals surface area contributed by atoms with Crippen molar-refractivity contribution in [1.29, 1.82) is 0 Å². The topological polar surface area (TPSA) is 59.1 Å². The SMILES string of the molecule is O=C(c1ccc2c(c1)OCCO2)C1CCN(CC(=O)N2CCCCC2)CC1. The number of carbonyl (C=O) groups excluding carboxylic acids is 2. The van der Waals surface area contributed by atoms with Crippen LogP contribution in [0.4, 0.5) is 0 Å². The molecule has 0 unspecified atom stereocenters. The average molecular weight is 372 g/mol. The number of amides is 1. The third kappa shape index (κ3) is 4.26. The summed E-state index contributed by atoms with van der Waals surface area (Å²) < 4.78 is 11.1. The van der Waals surface area contributed by atoms with Crippen LogP contribution in [0.25, 0.3) is 0 Å². The van der Waals surface area contributed by atoms with Crippen molar-refractivity contribution in [3.05, 3.63) is 23.8 Å². The molecule has 0 bridgehead atoms. The molecule has 6 nitrogen and oxygen atoms in total. The number of hydrogen-bond acceptors (Lipinski definition) is 5. The number of ether oxygens (including phenoxy) is 2. The molecule has 0 aromatic heterocycles. The van der Waals surface area contributed by atoms with Crippen molar-refractivity contribution in [2.24, 2.45) is 5.92 Å². The van der Waals surface area contributed by atoms with E-state index in [9.17, 15) is 9.59 Å². The van der Waals surface area contributed by atoms with Crippen LogP contribution in [0.1, 0.15) is 42.5 Å². The van der Waals surface area contributed by atoms with Crippen LogP contribution in [0.3, 0.4) is 0 Å². The zero-order valence-electron chi connectivity index (χ0n) is 15.8. The van der Waals surface area contributed by atoms with Gasteiger partial charge in [-0.2, -0.15) is 0 Å². The van der Waals surface area contributed by atoms with E-state index in [0.717, 1.165) is 51.9 Å². The molecule has 0 atom stereocenters. The summed E-state index contributed by atoms with van der Waals surface area (Å²) in [6.45, 7) is 4.98. The molecule has 146 valence electrons. The van der Waals surface area contributed by atoms with Gasteiger partial charge < -0.3 is 14.4 Å². The first-order chi connectivity index (χ1) is 13.2. The molecule has 3 aliphatic rings. The Bertz CT molecular complexity index is 691. The lowest BCUT2D eigenvalue weighted by Gasteiger charge is -2.33. The van der Waals surface area contributed by atoms with E-state index in [-0.39, 0.29) is 17.6 Å². The van der Waals surface area contributed by atoms with E-state index in [4.69, 9.17) is 9.47 Å². The molecule has 1 aromatic rings. The predicted molar refractivity (Wildman–Crippen MR) is 101 cm³/mol. The van der Waals surface area contributed by atoms with Crippen molar-refractivity contribution in [2.75, 3.05) is 45.9 Å². The number of fused-ring (bicyclic) bond motifs is 1. The molecule has 3 aliphatic heterocycles. The monoisotopic (exact) mass is 372 g/mol. The highest BCUT2D eigenvalue weighted by Gasteiger charge is 2.28. The number of likely N-dealkylation sites (tertiary alicyclic amines) is 2. The van der Waals surface area contributed by atoms with Crippen molar-refractivity contribution in [2.45, 2.75) is 32.1 Å². The van der Waals surface area contributed by atoms with Crippen LogP contribution in [-0.4, -0.2) is 67.4 Å². The van der Waals surface area contributed by atoms with Crippen LogP contribution in [0.2, 0.25) is 0 Å². The fourth-order valence-electron chi connectivity index (χ4n) is 4.22. The second kappa shape index (κ2) is 8.30. The Kier molecular flexibility index (Phi) is 5.62. The summed E-state index contributed by atoms with van der Waals surface area (Å²) in [7, 11) is 0. The van der Waals surface area contributed by atoms with Gasteiger partial charge in [-0.1, -0.05) is 0 Å². The van der Waals surface area contributed by atoms with Crippen LogP contribution in [0, 0.1) is 5.92 Å². The second-order valence-electron chi connectivity index (χ2n) is 7.71. The summed E-state index contributed by atoms with van der Waals surface area (Å²) in [6, 6.07) is 5.47. The first-order valence-corrected chi connectivity index (χ1v) is 10.1. The number of rotatable bonds is 4. The largest absolute Gasteiger partial charge is 0.486 e. The zero-order chi connectivity index (χ0) is 18.6. The third-order valence-corrected chi connectivity index (χ3v) is 5.85. The van der Waals surface area contributed by atoms with Gasteiger partial charge in [0.15, 0.2) is 17.3 Å². The highest BCUT2D eigenvalue weighted by atomic mass is 16.6. The summed E-state index contributed by atoms with van der Waals surface area (Å²) in [6.07, 6.45) is 5.09. The average Bonchev–Trinajstić information content (AvgIpc) is 2.74. The van der Waals surface area contributed by atoms with Gasteiger partial charge in [0.05, 0.1) is 6.54 Å². The molecule has 3 heterocycles. The molecule has 0 aliphatic carbocycles. The summed E-state index contributed by atoms with van der Waals surface area (Å²) in [5.74, 6) is 1.81. The standard InChI is InChI=1S/C21H28N2O4/c24-20(23-8-2-1-3-9-23)15-22-10-6-16(7-11-22)21(25)17-4-5-18-19(14-17)27-13-12-26-18/h4-5,14,16H,1-3,6-13,15H2. The van der Waals surface area contributed by atoms with E-state index < -0.39 is 0 Å². The highest BCUT2D eigenvalue weighted by molar-refractivity contribution is 5.98. The van der Waals surface area contributed by atoms with Crippen LogP contribution in [-0.2, 0) is 4.79 Å². The van der Waals surface area contributed by atoms with Gasteiger partial charge in [0.25, 0.3) is 0 Å². The van der Waals surface area contributed by atoms with Gasteiger partial charge in [-0.25, -0.2) is 0 Å². The fourth-order valence-corrected chi connectivity index (χ4v) is 4.22. The minimum Gasteiger partial charge on any atom is -0.486 e. The number of benzene rings is 1. The van der Waals surface area contributed by atoms with Gasteiger partial charge >= 0.3 is 0 Å². The lowest BCUT2D eigenvalue weighted by atomic mass is 9.88. The highest BCUT2D eigenvalue weighted by Crippen LogP contribution is 2.32. The van der Waals surface area contributed by atoms with Gasteiger partial charge in [0.2, 0.25) is 5.91 Å². The van der Waals surface area contributed by atoms with Gasteiger partial charge in [-0.15, -0.1) is 0 Å². The smallest absolute Gasteiger partial charge is 0.236 e. The Hall–Kier alpha value is -2.08. The zero-order valence-corrected chi connectivity index (χ0v) is 15.8. The lowest BCUT2D eigenvalue weighted by Crippen LogP contribution is -2.45. The molecule has 0 saturated carbocycles. The summed E-state index contributed by atoms with van der Waals surface area (Å²) in [5.41, 5.74) is 0.696. The van der Waals surface area contributed by atoms with E-state index in [1.54, 1.807) is 0 Å². The van der Waals surface area contributed by atoms with E-state index >= 15 is 0 Å². The van der Waals surface area contributed by atoms with Gasteiger partial charge in [-0.05, 0) is 63.4 Å². The van der Waals surface area contributed by atoms with Crippen molar-refractivity contribution in [1.82, 2.24) is 9.80 Å². The molecule has 0 spiro atoms. The predicted octanol–water partition coefficient (Wildman–Crippen LogP) is 2.37. The molecule has 0 radical (unpaired) electrons. The number of ketones is 1. The number of hydrogen-bond donors (Lipinski definition) is 0.